The van der Waals surface area contributed by atoms with E-state index in [1.54, 1.807) is 0 Å². The van der Waals surface area contributed by atoms with Crippen molar-refractivity contribution in [2.45, 2.75) is 38.1 Å². The number of carbonyl (C=O) groups is 1. The third-order valence-corrected chi connectivity index (χ3v) is 3.52. The first kappa shape index (κ1) is 8.96. The third kappa shape index (κ3) is 1.54. The van der Waals surface area contributed by atoms with Crippen LogP contribution in [0.4, 0.5) is 0 Å². The molecule has 0 spiro atoms. The van der Waals surface area contributed by atoms with Gasteiger partial charge in [-0.15, -0.1) is 0 Å². The molecule has 2 aliphatic rings. The molecule has 1 unspecified atom stereocenters. The lowest BCUT2D eigenvalue weighted by Crippen LogP contribution is -2.18. The fourth-order valence-electron chi connectivity index (χ4n) is 2.67. The Balaban J connectivity index is 1.89. The quantitative estimate of drug-likeness (QED) is 0.741. The Morgan fingerprint density at radius 1 is 1.13 bits per heavy atom. The number of rotatable bonds is 1. The molecule has 0 aromatic heterocycles. The molecule has 1 fully saturated rings. The summed E-state index contributed by atoms with van der Waals surface area (Å²) in [5, 5.41) is 3.02. The Morgan fingerprint density at radius 2 is 2.00 bits per heavy atom. The van der Waals surface area contributed by atoms with Crippen LogP contribution in [0.2, 0.25) is 0 Å². The zero-order valence-corrected chi connectivity index (χ0v) is 8.75. The van der Waals surface area contributed by atoms with Crippen LogP contribution in [0.3, 0.4) is 0 Å². The van der Waals surface area contributed by atoms with E-state index in [0.29, 0.717) is 6.42 Å². The largest absolute Gasteiger partial charge is 0.349 e. The molecule has 1 aliphatic carbocycles. The zero-order chi connectivity index (χ0) is 10.3. The molecule has 1 heterocycles. The van der Waals surface area contributed by atoms with E-state index in [-0.39, 0.29) is 11.9 Å². The first-order valence-electron chi connectivity index (χ1n) is 5.74. The van der Waals surface area contributed by atoms with Gasteiger partial charge in [0.25, 0.3) is 0 Å². The lowest BCUT2D eigenvalue weighted by molar-refractivity contribution is -0.119. The maximum absolute atomic E-state index is 11.1. The van der Waals surface area contributed by atoms with E-state index < -0.39 is 0 Å². The van der Waals surface area contributed by atoms with Gasteiger partial charge in [-0.05, 0) is 42.4 Å². The molecule has 0 saturated carbocycles. The SMILES string of the molecule is O=C1CCC(c2ccc3c(c2)CCC3)N1. The van der Waals surface area contributed by atoms with Gasteiger partial charge in [0.1, 0.15) is 0 Å². The highest BCUT2D eigenvalue weighted by molar-refractivity contribution is 5.78. The van der Waals surface area contributed by atoms with Crippen LogP contribution in [-0.2, 0) is 17.6 Å². The summed E-state index contributed by atoms with van der Waals surface area (Å²) in [5.74, 6) is 0.195. The monoisotopic (exact) mass is 201 g/mol. The van der Waals surface area contributed by atoms with Gasteiger partial charge in [0.2, 0.25) is 5.91 Å². The first-order chi connectivity index (χ1) is 7.33. The van der Waals surface area contributed by atoms with E-state index in [9.17, 15) is 4.79 Å². The number of amides is 1. The van der Waals surface area contributed by atoms with Gasteiger partial charge in [0, 0.05) is 6.42 Å². The highest BCUT2D eigenvalue weighted by Crippen LogP contribution is 2.29. The lowest BCUT2D eigenvalue weighted by Gasteiger charge is -2.11. The summed E-state index contributed by atoms with van der Waals surface area (Å²) in [4.78, 5) is 11.1. The smallest absolute Gasteiger partial charge is 0.220 e. The molecule has 3 rings (SSSR count). The molecule has 1 saturated heterocycles. The Kier molecular flexibility index (Phi) is 2.01. The van der Waals surface area contributed by atoms with Crippen LogP contribution in [0.15, 0.2) is 18.2 Å². The van der Waals surface area contributed by atoms with Crippen molar-refractivity contribution in [2.75, 3.05) is 0 Å². The maximum Gasteiger partial charge on any atom is 0.220 e. The second kappa shape index (κ2) is 3.37. The van der Waals surface area contributed by atoms with Gasteiger partial charge >= 0.3 is 0 Å². The summed E-state index contributed by atoms with van der Waals surface area (Å²) in [5.41, 5.74) is 4.29. The number of benzene rings is 1. The summed E-state index contributed by atoms with van der Waals surface area (Å²) in [6, 6.07) is 6.98. The molecular formula is C13H15NO. The minimum absolute atomic E-state index is 0.195. The van der Waals surface area contributed by atoms with Crippen molar-refractivity contribution in [3.05, 3.63) is 34.9 Å². The first-order valence-corrected chi connectivity index (χ1v) is 5.74. The number of carbonyl (C=O) groups excluding carboxylic acids is 1. The predicted octanol–water partition coefficient (Wildman–Crippen LogP) is 2.13. The Bertz CT molecular complexity index is 411. The molecule has 1 amide bonds. The molecular weight excluding hydrogens is 186 g/mol. The molecule has 78 valence electrons. The third-order valence-electron chi connectivity index (χ3n) is 3.52. The van der Waals surface area contributed by atoms with Gasteiger partial charge in [-0.1, -0.05) is 18.2 Å². The molecule has 2 heteroatoms. The Labute approximate surface area is 89.7 Å². The number of nitrogens with one attached hydrogen (secondary N) is 1. The summed E-state index contributed by atoms with van der Waals surface area (Å²) in [6.45, 7) is 0. The molecule has 1 aromatic carbocycles. The Morgan fingerprint density at radius 3 is 2.80 bits per heavy atom. The molecule has 1 aliphatic heterocycles. The van der Waals surface area contributed by atoms with Crippen molar-refractivity contribution < 1.29 is 4.79 Å². The van der Waals surface area contributed by atoms with E-state index in [1.807, 2.05) is 0 Å². The highest BCUT2D eigenvalue weighted by atomic mass is 16.1. The minimum atomic E-state index is 0.195. The van der Waals surface area contributed by atoms with Gasteiger partial charge in [0.05, 0.1) is 6.04 Å². The van der Waals surface area contributed by atoms with Gasteiger partial charge in [-0.2, -0.15) is 0 Å². The number of hydrogen-bond acceptors (Lipinski definition) is 1. The molecule has 1 aromatic rings. The zero-order valence-electron chi connectivity index (χ0n) is 8.75. The van der Waals surface area contributed by atoms with Crippen LogP contribution in [0, 0.1) is 0 Å². The van der Waals surface area contributed by atoms with Crippen molar-refractivity contribution in [1.82, 2.24) is 5.32 Å². The molecule has 1 N–H and O–H groups in total. The standard InChI is InChI=1S/C13H15NO/c15-13-7-6-12(14-13)11-5-4-9-2-1-3-10(9)8-11/h4-5,8,12H,1-3,6-7H2,(H,14,15). The molecule has 0 bridgehead atoms. The van der Waals surface area contributed by atoms with Crippen LogP contribution in [-0.4, -0.2) is 5.91 Å². The van der Waals surface area contributed by atoms with Gasteiger partial charge in [-0.3, -0.25) is 4.79 Å². The van der Waals surface area contributed by atoms with Crippen LogP contribution in [0.1, 0.15) is 42.0 Å². The molecule has 1 atom stereocenters. The number of fused-ring (bicyclic) bond motifs is 1. The highest BCUT2D eigenvalue weighted by Gasteiger charge is 2.23. The van der Waals surface area contributed by atoms with Gasteiger partial charge in [0.15, 0.2) is 0 Å². The van der Waals surface area contributed by atoms with Crippen molar-refractivity contribution in [3.8, 4) is 0 Å². The van der Waals surface area contributed by atoms with E-state index in [2.05, 4.69) is 23.5 Å². The second-order valence-electron chi connectivity index (χ2n) is 4.54. The summed E-state index contributed by atoms with van der Waals surface area (Å²) in [7, 11) is 0. The van der Waals surface area contributed by atoms with Crippen molar-refractivity contribution in [2.24, 2.45) is 0 Å². The van der Waals surface area contributed by atoms with Crippen LogP contribution in [0.5, 0.6) is 0 Å². The van der Waals surface area contributed by atoms with E-state index in [4.69, 9.17) is 0 Å². The van der Waals surface area contributed by atoms with Crippen molar-refractivity contribution >= 4 is 5.91 Å². The van der Waals surface area contributed by atoms with Crippen molar-refractivity contribution in [3.63, 3.8) is 0 Å². The van der Waals surface area contributed by atoms with E-state index in [1.165, 1.54) is 36.0 Å². The van der Waals surface area contributed by atoms with Crippen LogP contribution >= 0.6 is 0 Å². The maximum atomic E-state index is 11.1. The molecule has 15 heavy (non-hydrogen) atoms. The fraction of sp³-hybridized carbons (Fsp3) is 0.462. The van der Waals surface area contributed by atoms with Gasteiger partial charge in [-0.25, -0.2) is 0 Å². The van der Waals surface area contributed by atoms with Crippen LogP contribution < -0.4 is 5.32 Å². The average Bonchev–Trinajstić information content (AvgIpc) is 2.84. The minimum Gasteiger partial charge on any atom is -0.349 e. The number of hydrogen-bond donors (Lipinski definition) is 1. The van der Waals surface area contributed by atoms with E-state index in [0.717, 1.165) is 6.42 Å². The van der Waals surface area contributed by atoms with Gasteiger partial charge < -0.3 is 5.32 Å². The summed E-state index contributed by atoms with van der Waals surface area (Å²) in [6.07, 6.45) is 5.37. The van der Waals surface area contributed by atoms with Crippen LogP contribution in [0.25, 0.3) is 0 Å². The Hall–Kier alpha value is -1.31. The lowest BCUT2D eigenvalue weighted by atomic mass is 10.0. The molecule has 0 radical (unpaired) electrons. The topological polar surface area (TPSA) is 29.1 Å². The van der Waals surface area contributed by atoms with E-state index >= 15 is 0 Å². The second-order valence-corrected chi connectivity index (χ2v) is 4.54. The normalized spacial score (nSPS) is 24.0. The summed E-state index contributed by atoms with van der Waals surface area (Å²) < 4.78 is 0. The van der Waals surface area contributed by atoms with Crippen molar-refractivity contribution in [1.29, 1.82) is 0 Å². The molecule has 2 nitrogen and oxygen atoms in total. The fourth-order valence-corrected chi connectivity index (χ4v) is 2.67. The predicted molar refractivity (Wildman–Crippen MR) is 58.6 cm³/mol. The number of aryl methyl sites for hydroxylation is 2. The average molecular weight is 201 g/mol. The summed E-state index contributed by atoms with van der Waals surface area (Å²) >= 11 is 0.